The molecule has 0 unspecified atom stereocenters. The van der Waals surface area contributed by atoms with Gasteiger partial charge in [-0.05, 0) is 58.8 Å². The molecule has 0 aliphatic heterocycles. The molecule has 2 atom stereocenters. The molecule has 1 aliphatic carbocycles. The summed E-state index contributed by atoms with van der Waals surface area (Å²) in [6, 6.07) is 0. The Balaban J connectivity index is 2.55. The minimum Gasteiger partial charge on any atom is -0.466 e. The smallest absolute Gasteiger partial charge is 0.333 e. The Kier molecular flexibility index (Phi) is 5.80. The van der Waals surface area contributed by atoms with Crippen molar-refractivity contribution in [2.45, 2.75) is 58.5 Å². The van der Waals surface area contributed by atoms with Crippen LogP contribution in [0.25, 0.3) is 0 Å². The van der Waals surface area contributed by atoms with Crippen LogP contribution in [0.1, 0.15) is 52.9 Å². The van der Waals surface area contributed by atoms with Crippen molar-refractivity contribution in [3.63, 3.8) is 0 Å². The molecule has 1 rings (SSSR count). The van der Waals surface area contributed by atoms with Gasteiger partial charge in [0.2, 0.25) is 0 Å². The van der Waals surface area contributed by atoms with E-state index >= 15 is 0 Å². The second kappa shape index (κ2) is 6.90. The average molecular weight is 266 g/mol. The van der Waals surface area contributed by atoms with Crippen molar-refractivity contribution in [1.29, 1.82) is 0 Å². The average Bonchev–Trinajstić information content (AvgIpc) is 2.37. The van der Waals surface area contributed by atoms with Gasteiger partial charge in [-0.3, -0.25) is 0 Å². The van der Waals surface area contributed by atoms with Gasteiger partial charge in [0, 0.05) is 5.57 Å². The molecular formula is C16H26O3. The van der Waals surface area contributed by atoms with Crippen LogP contribution in [0.3, 0.4) is 0 Å². The number of carbonyl (C=O) groups excluding carboxylic acids is 1. The van der Waals surface area contributed by atoms with Crippen molar-refractivity contribution in [3.8, 4) is 0 Å². The lowest BCUT2D eigenvalue weighted by Crippen LogP contribution is -2.35. The molecular weight excluding hydrogens is 240 g/mol. The van der Waals surface area contributed by atoms with Gasteiger partial charge in [-0.15, -0.1) is 0 Å². The molecule has 0 saturated heterocycles. The number of esters is 1. The minimum absolute atomic E-state index is 0.228. The second-order valence-electron chi connectivity index (χ2n) is 5.87. The monoisotopic (exact) mass is 266 g/mol. The zero-order valence-corrected chi connectivity index (χ0v) is 12.5. The second-order valence-corrected chi connectivity index (χ2v) is 5.87. The number of rotatable bonds is 5. The predicted octanol–water partition coefficient (Wildman–Crippen LogP) is 3.38. The molecule has 0 fully saturated rings. The fourth-order valence-corrected chi connectivity index (χ4v) is 2.57. The van der Waals surface area contributed by atoms with Crippen molar-refractivity contribution in [3.05, 3.63) is 23.3 Å². The highest BCUT2D eigenvalue weighted by Crippen LogP contribution is 2.35. The summed E-state index contributed by atoms with van der Waals surface area (Å²) in [6.45, 7) is 6.05. The summed E-state index contributed by atoms with van der Waals surface area (Å²) in [7, 11) is 1.41. The van der Waals surface area contributed by atoms with Crippen molar-refractivity contribution < 1.29 is 14.6 Å². The summed E-state index contributed by atoms with van der Waals surface area (Å²) in [5, 5.41) is 10.6. The van der Waals surface area contributed by atoms with Gasteiger partial charge >= 0.3 is 5.97 Å². The highest BCUT2D eigenvalue weighted by Gasteiger charge is 2.33. The summed E-state index contributed by atoms with van der Waals surface area (Å²) in [4.78, 5) is 11.4. The SMILES string of the molecule is COC(=O)C1=CC[C@H]([C@](C)(O)CCC=C(C)C)CC1. The fourth-order valence-electron chi connectivity index (χ4n) is 2.57. The van der Waals surface area contributed by atoms with Gasteiger partial charge in [0.1, 0.15) is 0 Å². The van der Waals surface area contributed by atoms with Crippen LogP contribution >= 0.6 is 0 Å². The van der Waals surface area contributed by atoms with Gasteiger partial charge in [0.05, 0.1) is 12.7 Å². The van der Waals surface area contributed by atoms with E-state index in [2.05, 4.69) is 19.9 Å². The number of hydrogen-bond donors (Lipinski definition) is 1. The van der Waals surface area contributed by atoms with Crippen LogP contribution in [0.4, 0.5) is 0 Å². The van der Waals surface area contributed by atoms with E-state index in [1.807, 2.05) is 13.0 Å². The van der Waals surface area contributed by atoms with Crippen molar-refractivity contribution in [2.24, 2.45) is 5.92 Å². The molecule has 1 aliphatic rings. The van der Waals surface area contributed by atoms with E-state index in [0.717, 1.165) is 31.3 Å². The highest BCUT2D eigenvalue weighted by molar-refractivity contribution is 5.88. The Hall–Kier alpha value is -1.09. The summed E-state index contributed by atoms with van der Waals surface area (Å²) in [6.07, 6.45) is 8.07. The molecule has 0 amide bonds. The lowest BCUT2D eigenvalue weighted by atomic mass is 9.76. The standard InChI is InChI=1S/C16H26O3/c1-12(2)6-5-11-16(3,18)14-9-7-13(8-10-14)15(17)19-4/h6-7,14,18H,5,8-11H2,1-4H3/t14-,16+/m0/s1. The molecule has 0 bridgehead atoms. The minimum atomic E-state index is -0.663. The zero-order chi connectivity index (χ0) is 14.5. The Morgan fingerprint density at radius 1 is 1.58 bits per heavy atom. The van der Waals surface area contributed by atoms with Crippen LogP contribution in [-0.2, 0) is 9.53 Å². The quantitative estimate of drug-likeness (QED) is 0.613. The first-order valence-electron chi connectivity index (χ1n) is 7.00. The Morgan fingerprint density at radius 3 is 2.74 bits per heavy atom. The van der Waals surface area contributed by atoms with E-state index in [0.29, 0.717) is 6.42 Å². The summed E-state index contributed by atoms with van der Waals surface area (Å²) in [5.74, 6) is -0.00546. The first-order chi connectivity index (χ1) is 8.86. The fraction of sp³-hybridized carbons (Fsp3) is 0.688. The van der Waals surface area contributed by atoms with Gasteiger partial charge in [0.25, 0.3) is 0 Å². The van der Waals surface area contributed by atoms with Crippen LogP contribution in [0.15, 0.2) is 23.3 Å². The summed E-state index contributed by atoms with van der Waals surface area (Å²) >= 11 is 0. The van der Waals surface area contributed by atoms with Crippen LogP contribution in [-0.4, -0.2) is 23.8 Å². The van der Waals surface area contributed by atoms with Gasteiger partial charge in [-0.25, -0.2) is 4.79 Å². The number of hydrogen-bond acceptors (Lipinski definition) is 3. The number of carbonyl (C=O) groups is 1. The van der Waals surface area contributed by atoms with Crippen LogP contribution in [0.5, 0.6) is 0 Å². The van der Waals surface area contributed by atoms with E-state index in [9.17, 15) is 9.90 Å². The first kappa shape index (κ1) is 16.0. The normalized spacial score (nSPS) is 22.2. The van der Waals surface area contributed by atoms with Gasteiger partial charge in [-0.1, -0.05) is 17.7 Å². The number of ether oxygens (including phenoxy) is 1. The maximum absolute atomic E-state index is 11.4. The van der Waals surface area contributed by atoms with Crippen LogP contribution in [0, 0.1) is 5.92 Å². The first-order valence-corrected chi connectivity index (χ1v) is 7.00. The Labute approximate surface area is 116 Å². The number of allylic oxidation sites excluding steroid dienone is 3. The Morgan fingerprint density at radius 2 is 2.26 bits per heavy atom. The van der Waals surface area contributed by atoms with Crippen molar-refractivity contribution >= 4 is 5.97 Å². The van der Waals surface area contributed by atoms with Crippen LogP contribution in [0.2, 0.25) is 0 Å². The molecule has 0 aromatic carbocycles. The van der Waals surface area contributed by atoms with Gasteiger partial charge < -0.3 is 9.84 Å². The maximum Gasteiger partial charge on any atom is 0.333 e. The van der Waals surface area contributed by atoms with E-state index < -0.39 is 5.60 Å². The van der Waals surface area contributed by atoms with Crippen molar-refractivity contribution in [1.82, 2.24) is 0 Å². The topological polar surface area (TPSA) is 46.5 Å². The van der Waals surface area contributed by atoms with E-state index in [1.165, 1.54) is 12.7 Å². The number of aliphatic hydroxyl groups is 1. The molecule has 3 heteroatoms. The molecule has 0 heterocycles. The summed E-state index contributed by atoms with van der Waals surface area (Å²) < 4.78 is 4.72. The molecule has 108 valence electrons. The number of methoxy groups -OCH3 is 1. The van der Waals surface area contributed by atoms with Gasteiger partial charge in [-0.2, -0.15) is 0 Å². The van der Waals surface area contributed by atoms with Gasteiger partial charge in [0.15, 0.2) is 0 Å². The third-order valence-corrected chi connectivity index (χ3v) is 3.94. The summed E-state index contributed by atoms with van der Waals surface area (Å²) in [5.41, 5.74) is 1.37. The molecule has 0 radical (unpaired) electrons. The molecule has 0 saturated carbocycles. The molecule has 3 nitrogen and oxygen atoms in total. The third-order valence-electron chi connectivity index (χ3n) is 3.94. The van der Waals surface area contributed by atoms with Crippen LogP contribution < -0.4 is 0 Å². The van der Waals surface area contributed by atoms with Crippen molar-refractivity contribution in [2.75, 3.05) is 7.11 Å². The predicted molar refractivity (Wildman–Crippen MR) is 76.7 cm³/mol. The third kappa shape index (κ3) is 4.83. The zero-order valence-electron chi connectivity index (χ0n) is 12.5. The lowest BCUT2D eigenvalue weighted by Gasteiger charge is -2.34. The largest absolute Gasteiger partial charge is 0.466 e. The molecule has 0 aromatic rings. The van der Waals surface area contributed by atoms with E-state index in [-0.39, 0.29) is 11.9 Å². The lowest BCUT2D eigenvalue weighted by molar-refractivity contribution is -0.136. The Bertz CT molecular complexity index is 373. The van der Waals surface area contributed by atoms with E-state index in [4.69, 9.17) is 4.74 Å². The highest BCUT2D eigenvalue weighted by atomic mass is 16.5. The molecule has 0 spiro atoms. The maximum atomic E-state index is 11.4. The molecule has 0 aromatic heterocycles. The molecule has 19 heavy (non-hydrogen) atoms. The van der Waals surface area contributed by atoms with E-state index in [1.54, 1.807) is 0 Å². The molecule has 1 N–H and O–H groups in total.